The number of esters is 1. The molecule has 6 aliphatic rings. The van der Waals surface area contributed by atoms with Gasteiger partial charge in [0.15, 0.2) is 5.60 Å². The van der Waals surface area contributed by atoms with Gasteiger partial charge in [-0.05, 0) is 81.3 Å². The first-order valence-corrected chi connectivity index (χ1v) is 29.0. The Morgan fingerprint density at radius 3 is 2.38 bits per heavy atom. The van der Waals surface area contributed by atoms with Crippen molar-refractivity contribution in [3.63, 3.8) is 0 Å². The van der Waals surface area contributed by atoms with E-state index in [0.29, 0.717) is 87.5 Å². The zero-order chi connectivity index (χ0) is 56.1. The smallest absolute Gasteiger partial charge is 0.426 e. The number of piperidine rings is 1. The van der Waals surface area contributed by atoms with Crippen LogP contribution in [0, 0.1) is 11.3 Å². The molecule has 1 spiro atoms. The fourth-order valence-electron chi connectivity index (χ4n) is 14.5. The average molecular weight is 1120 g/mol. The van der Waals surface area contributed by atoms with E-state index in [9.17, 15) is 44.7 Å². The molecule has 1 unspecified atom stereocenters. The molecule has 78 heavy (non-hydrogen) atoms. The molecule has 5 aliphatic heterocycles. The molecule has 3 amide bonds. The van der Waals surface area contributed by atoms with Gasteiger partial charge < -0.3 is 60.3 Å². The topological polar surface area (TPSA) is 305 Å². The number of methoxy groups -OCH3 is 2. The number of ether oxygens (including phenoxy) is 3. The highest BCUT2D eigenvalue weighted by molar-refractivity contribution is 8.76. The Morgan fingerprint density at radius 1 is 0.936 bits per heavy atom. The third-order valence-corrected chi connectivity index (χ3v) is 20.2. The van der Waals surface area contributed by atoms with Crippen LogP contribution in [0.2, 0.25) is 0 Å². The highest BCUT2D eigenvalue weighted by Crippen LogP contribution is 2.67. The van der Waals surface area contributed by atoms with Crippen molar-refractivity contribution in [2.45, 2.75) is 111 Å². The fraction of sp³-hybridized carbons (Fsp3) is 0.593. The number of para-hydroxylation sites is 1. The molecule has 22 nitrogen and oxygen atoms in total. The first-order chi connectivity index (χ1) is 37.2. The highest BCUT2D eigenvalue weighted by Gasteiger charge is 2.79. The molecule has 9 rings (SSSR count). The summed E-state index contributed by atoms with van der Waals surface area (Å²) in [7, 11) is 8.29. The number of hydrogen-bond acceptors (Lipinski definition) is 18. The van der Waals surface area contributed by atoms with Crippen molar-refractivity contribution in [3.8, 4) is 5.75 Å². The lowest BCUT2D eigenvalue weighted by Crippen LogP contribution is -2.82. The maximum absolute atomic E-state index is 15.5. The van der Waals surface area contributed by atoms with Gasteiger partial charge in [0, 0.05) is 95.5 Å². The van der Waals surface area contributed by atoms with Crippen molar-refractivity contribution < 1.29 is 68.5 Å². The standard InChI is InChI=1S/C54H72N8O14S2/c1-7-50(72)25-30-26-53(48(70)75-6,41-32(14-18-61(27-30)29-50)31-12-9-10-13-35(31)57-41)34-22-33-38(24-39(34)74-5)60(4)45-52(33)16-19-62-17-11-15-51(8-2,44(52)62)46(68)54(45,73)47(69)58-59-49(71)76-20-21-77-78-28-37(43(66)67)56-40(63)23-36(55-3)42(64)65/h9-13,15,22,24,30,36-37,44-46,55,57,68,72-73H,7-8,14,16-21,23,25-29H2,1-6H3,(H,56,63)(H,58,69)(H,59,71)(H,64,65)(H,66,67)/t30-,36+,37+,44+,45-,46-,50+,51-,52-,53+,54+/m1/s1. The molecule has 10 N–H and O–H groups in total. The number of likely N-dealkylation sites (N-methyl/N-ethyl adjacent to an activating group) is 2. The molecule has 1 aromatic heterocycles. The van der Waals surface area contributed by atoms with Crippen molar-refractivity contribution in [2.75, 3.05) is 84.1 Å². The first kappa shape index (κ1) is 57.1. The Morgan fingerprint density at radius 2 is 1.69 bits per heavy atom. The summed E-state index contributed by atoms with van der Waals surface area (Å²) in [5, 5.41) is 63.1. The van der Waals surface area contributed by atoms with Gasteiger partial charge in [-0.1, -0.05) is 65.8 Å². The average Bonchev–Trinajstić information content (AvgIpc) is 3.89. The summed E-state index contributed by atoms with van der Waals surface area (Å²) in [6.07, 6.45) is 3.17. The molecule has 6 heterocycles. The van der Waals surface area contributed by atoms with Crippen LogP contribution in [-0.2, 0) is 50.7 Å². The van der Waals surface area contributed by atoms with Gasteiger partial charge in [0.05, 0.1) is 32.3 Å². The summed E-state index contributed by atoms with van der Waals surface area (Å²) < 4.78 is 17.7. The van der Waals surface area contributed by atoms with Crippen molar-refractivity contribution in [3.05, 3.63) is 70.9 Å². The lowest BCUT2D eigenvalue weighted by atomic mass is 9.47. The second-order valence-electron chi connectivity index (χ2n) is 21.8. The van der Waals surface area contributed by atoms with E-state index < -0.39 is 100.0 Å². The number of aromatic amines is 1. The van der Waals surface area contributed by atoms with Crippen LogP contribution in [0.3, 0.4) is 0 Å². The van der Waals surface area contributed by atoms with Crippen LogP contribution in [0.4, 0.5) is 10.5 Å². The minimum absolute atomic E-state index is 0.0882. The maximum atomic E-state index is 15.5. The van der Waals surface area contributed by atoms with E-state index in [4.69, 9.17) is 14.2 Å². The highest BCUT2D eigenvalue weighted by atomic mass is 33.1. The summed E-state index contributed by atoms with van der Waals surface area (Å²) in [6.45, 7) is 6.60. The van der Waals surface area contributed by atoms with Crippen LogP contribution in [0.25, 0.3) is 10.9 Å². The third-order valence-electron chi connectivity index (χ3n) is 17.9. The quantitative estimate of drug-likeness (QED) is 0.0287. The van der Waals surface area contributed by atoms with E-state index in [1.54, 1.807) is 14.2 Å². The molecule has 1 aliphatic carbocycles. The predicted octanol–water partition coefficient (Wildman–Crippen LogP) is 2.02. The predicted molar refractivity (Wildman–Crippen MR) is 291 cm³/mol. The number of hydrazine groups is 1. The zero-order valence-corrected chi connectivity index (χ0v) is 46.4. The number of aliphatic carboxylic acids is 2. The van der Waals surface area contributed by atoms with E-state index in [2.05, 4.69) is 42.3 Å². The van der Waals surface area contributed by atoms with Crippen LogP contribution in [0.5, 0.6) is 5.75 Å². The van der Waals surface area contributed by atoms with E-state index in [-0.39, 0.29) is 30.5 Å². The number of benzene rings is 2. The molecule has 24 heteroatoms. The number of amides is 3. The van der Waals surface area contributed by atoms with Crippen LogP contribution >= 0.6 is 21.6 Å². The Bertz CT molecular complexity index is 2870. The number of carbonyl (C=O) groups is 6. The van der Waals surface area contributed by atoms with E-state index in [0.717, 1.165) is 43.6 Å². The molecule has 1 saturated carbocycles. The summed E-state index contributed by atoms with van der Waals surface area (Å²) in [6, 6.07) is 7.74. The number of carboxylic acids is 2. The normalized spacial score (nSPS) is 31.4. The second-order valence-corrected chi connectivity index (χ2v) is 24.4. The molecule has 424 valence electrons. The summed E-state index contributed by atoms with van der Waals surface area (Å²) in [5.41, 5.74) is 1.59. The Hall–Kier alpha value is -5.60. The number of carboxylic acid groups (broad SMARTS) is 2. The van der Waals surface area contributed by atoms with Crippen molar-refractivity contribution in [2.24, 2.45) is 11.3 Å². The molecule has 0 radical (unpaired) electrons. The third kappa shape index (κ3) is 9.35. The summed E-state index contributed by atoms with van der Waals surface area (Å²) in [4.78, 5) is 89.3. The van der Waals surface area contributed by atoms with Gasteiger partial charge >= 0.3 is 24.0 Å². The summed E-state index contributed by atoms with van der Waals surface area (Å²) >= 11 is 0. The number of aliphatic hydroxyl groups excluding tert-OH is 1. The SMILES string of the molecule is CC[C@]1(O)C[C@H]2CN(CCc3c([nH]c4ccccc34)[C@@](C(=O)OC)(c3cc4c(cc3OC)N(C)[C@H]3[C@@](O)(C(=O)NNC(=O)OCCSSC[C@H](NC(=O)C[C@H](NC)C(=O)O)C(=O)O)[C@H](O)[C@]5(CC)C=CCN6CC[C@]43[C@@H]65)C2)C1. The van der Waals surface area contributed by atoms with E-state index in [1.807, 2.05) is 61.2 Å². The number of rotatable bonds is 18. The molecule has 2 saturated heterocycles. The number of nitrogens with zero attached hydrogens (tertiary/aromatic N) is 3. The molecular weight excluding hydrogens is 1050 g/mol. The van der Waals surface area contributed by atoms with Gasteiger partial charge in [0.2, 0.25) is 5.91 Å². The lowest BCUT2D eigenvalue weighted by Gasteiger charge is -2.63. The number of anilines is 1. The molecule has 12 atom stereocenters. The number of aromatic nitrogens is 1. The van der Waals surface area contributed by atoms with Gasteiger partial charge in [0.1, 0.15) is 36.0 Å². The van der Waals surface area contributed by atoms with Gasteiger partial charge in [0.25, 0.3) is 5.91 Å². The van der Waals surface area contributed by atoms with E-state index in [1.165, 1.54) is 14.2 Å². The molecule has 3 aromatic rings. The largest absolute Gasteiger partial charge is 0.496 e. The lowest BCUT2D eigenvalue weighted by molar-refractivity contribution is -0.204. The van der Waals surface area contributed by atoms with Crippen molar-refractivity contribution in [1.29, 1.82) is 0 Å². The van der Waals surface area contributed by atoms with Crippen LogP contribution < -0.4 is 31.1 Å². The first-order valence-electron chi connectivity index (χ1n) is 26.5. The van der Waals surface area contributed by atoms with Crippen LogP contribution in [-0.4, -0.2) is 197 Å². The number of hydrogen-bond donors (Lipinski definition) is 10. The minimum atomic E-state index is -2.61. The van der Waals surface area contributed by atoms with E-state index >= 15 is 9.59 Å². The van der Waals surface area contributed by atoms with Crippen LogP contribution in [0.1, 0.15) is 74.8 Å². The Labute approximate surface area is 460 Å². The number of nitrogens with one attached hydrogen (secondary N) is 5. The van der Waals surface area contributed by atoms with Crippen LogP contribution in [0.15, 0.2) is 48.6 Å². The zero-order valence-electron chi connectivity index (χ0n) is 44.8. The summed E-state index contributed by atoms with van der Waals surface area (Å²) in [5.74, 6) is -4.67. The molecular formula is C54H72N8O14S2. The fourth-order valence-corrected chi connectivity index (χ4v) is 16.5. The monoisotopic (exact) mass is 1120 g/mol. The minimum Gasteiger partial charge on any atom is -0.496 e. The maximum Gasteiger partial charge on any atom is 0.426 e. The van der Waals surface area contributed by atoms with Gasteiger partial charge in [-0.25, -0.2) is 15.0 Å². The second kappa shape index (κ2) is 22.1. The molecule has 2 bridgehead atoms. The van der Waals surface area contributed by atoms with Gasteiger partial charge in [-0.2, -0.15) is 0 Å². The Kier molecular flexibility index (Phi) is 16.2. The number of fused-ring (bicyclic) bond motifs is 6. The van der Waals surface area contributed by atoms with Crippen molar-refractivity contribution >= 4 is 74.0 Å². The molecule has 2 aromatic carbocycles. The number of aliphatic hydroxyl groups is 3. The Balaban J connectivity index is 1.03. The molecule has 3 fully saturated rings. The van der Waals surface area contributed by atoms with Crippen molar-refractivity contribution in [1.82, 2.24) is 36.3 Å². The van der Waals surface area contributed by atoms with Gasteiger partial charge in [-0.3, -0.25) is 34.4 Å². The number of H-pyrrole nitrogens is 1. The van der Waals surface area contributed by atoms with Gasteiger partial charge in [-0.15, -0.1) is 0 Å². The number of carbonyl (C=O) groups excluding carboxylic acids is 4.